The van der Waals surface area contributed by atoms with E-state index >= 15 is 0 Å². The van der Waals surface area contributed by atoms with Crippen LogP contribution in [0.1, 0.15) is 24.8 Å². The maximum atomic E-state index is 13.2. The van der Waals surface area contributed by atoms with Crippen LogP contribution in [0.15, 0.2) is 42.6 Å². The molecule has 1 aromatic carbocycles. The summed E-state index contributed by atoms with van der Waals surface area (Å²) in [5.41, 5.74) is 1.89. The zero-order valence-electron chi connectivity index (χ0n) is 19.4. The van der Waals surface area contributed by atoms with Crippen molar-refractivity contribution in [2.24, 2.45) is 5.92 Å². The van der Waals surface area contributed by atoms with Crippen molar-refractivity contribution in [2.45, 2.75) is 37.9 Å². The molecule has 1 aromatic heterocycles. The third kappa shape index (κ3) is 7.73. The van der Waals surface area contributed by atoms with Crippen LogP contribution in [-0.2, 0) is 11.2 Å². The second kappa shape index (κ2) is 11.5. The number of benzene rings is 1. The Hall–Kier alpha value is -2.52. The number of carbonyl (C=O) groups excluding carboxylic acids is 1. The van der Waals surface area contributed by atoms with Crippen LogP contribution in [0.3, 0.4) is 0 Å². The molecule has 6 nitrogen and oxygen atoms in total. The number of nitrogens with one attached hydrogen (secondary N) is 1. The van der Waals surface area contributed by atoms with Gasteiger partial charge in [-0.25, -0.2) is 4.98 Å². The first-order valence-electron chi connectivity index (χ1n) is 11.9. The first-order valence-corrected chi connectivity index (χ1v) is 12.3. The van der Waals surface area contributed by atoms with Gasteiger partial charge in [-0.2, -0.15) is 13.2 Å². The van der Waals surface area contributed by atoms with Crippen LogP contribution in [0.5, 0.6) is 5.88 Å². The zero-order valence-corrected chi connectivity index (χ0v) is 20.2. The Kier molecular flexibility index (Phi) is 8.38. The number of carbonyl (C=O) groups is 1. The predicted octanol–water partition coefficient (Wildman–Crippen LogP) is 4.33. The highest BCUT2D eigenvalue weighted by molar-refractivity contribution is 6.30. The summed E-state index contributed by atoms with van der Waals surface area (Å²) in [5.74, 6) is -0.147. The second-order valence-corrected chi connectivity index (χ2v) is 9.67. The molecule has 1 amide bonds. The predicted molar refractivity (Wildman–Crippen MR) is 129 cm³/mol. The number of nitrogens with zero attached hydrogens (tertiary/aromatic N) is 3. The summed E-state index contributed by atoms with van der Waals surface area (Å²) in [7, 11) is 0. The summed E-state index contributed by atoms with van der Waals surface area (Å²) < 4.78 is 41.8. The van der Waals surface area contributed by atoms with Gasteiger partial charge in [0.2, 0.25) is 11.8 Å². The van der Waals surface area contributed by atoms with Gasteiger partial charge in [-0.1, -0.05) is 17.7 Å². The van der Waals surface area contributed by atoms with Crippen molar-refractivity contribution in [1.29, 1.82) is 0 Å². The van der Waals surface area contributed by atoms with Crippen LogP contribution >= 0.6 is 11.6 Å². The summed E-state index contributed by atoms with van der Waals surface area (Å²) in [4.78, 5) is 21.7. The first-order chi connectivity index (χ1) is 16.7. The van der Waals surface area contributed by atoms with E-state index in [2.05, 4.69) is 20.1 Å². The van der Waals surface area contributed by atoms with E-state index in [1.807, 2.05) is 24.3 Å². The molecule has 0 bridgehead atoms. The van der Waals surface area contributed by atoms with Gasteiger partial charge in [-0.15, -0.1) is 0 Å². The zero-order chi connectivity index (χ0) is 24.8. The van der Waals surface area contributed by atoms with Crippen molar-refractivity contribution in [3.8, 4) is 5.88 Å². The summed E-state index contributed by atoms with van der Waals surface area (Å²) in [6.07, 6.45) is 0.722. The number of hydrogen-bond donors (Lipinski definition) is 1. The van der Waals surface area contributed by atoms with E-state index in [0.717, 1.165) is 56.7 Å². The Balaban J connectivity index is 1.35. The molecule has 35 heavy (non-hydrogen) atoms. The van der Waals surface area contributed by atoms with Gasteiger partial charge in [0.05, 0.1) is 5.92 Å². The average Bonchev–Trinajstić information content (AvgIpc) is 3.51. The van der Waals surface area contributed by atoms with Gasteiger partial charge in [0.15, 0.2) is 6.61 Å². The van der Waals surface area contributed by atoms with Crippen molar-refractivity contribution in [2.75, 3.05) is 44.2 Å². The van der Waals surface area contributed by atoms with E-state index in [-0.39, 0.29) is 23.7 Å². The molecular formula is C25H30ClF3N4O2. The molecule has 0 spiro atoms. The molecule has 1 N–H and O–H groups in total. The van der Waals surface area contributed by atoms with Gasteiger partial charge in [0.1, 0.15) is 0 Å². The SMILES string of the molecule is O=C(NC(Cc1ccc(OCC(F)(F)F)nc1)CN1CCCC1)[C@@H]1CCN(c2ccc(Cl)cc2)C1. The lowest BCUT2D eigenvalue weighted by Crippen LogP contribution is -2.46. The molecule has 10 heteroatoms. The lowest BCUT2D eigenvalue weighted by molar-refractivity contribution is -0.154. The maximum absolute atomic E-state index is 13.2. The number of ether oxygens (including phenoxy) is 1. The fraction of sp³-hybridized carbons (Fsp3) is 0.520. The van der Waals surface area contributed by atoms with Crippen molar-refractivity contribution in [1.82, 2.24) is 15.2 Å². The van der Waals surface area contributed by atoms with E-state index in [1.54, 1.807) is 6.07 Å². The maximum Gasteiger partial charge on any atom is 0.422 e. The molecule has 2 saturated heterocycles. The van der Waals surface area contributed by atoms with Crippen molar-refractivity contribution >= 4 is 23.2 Å². The Morgan fingerprint density at radius 1 is 1.14 bits per heavy atom. The van der Waals surface area contributed by atoms with E-state index in [1.165, 1.54) is 12.3 Å². The normalized spacial score (nSPS) is 19.7. The molecule has 1 unspecified atom stereocenters. The highest BCUT2D eigenvalue weighted by Crippen LogP contribution is 2.26. The molecule has 0 radical (unpaired) electrons. The first kappa shape index (κ1) is 25.6. The minimum absolute atomic E-state index is 0.0313. The number of alkyl halides is 3. The van der Waals surface area contributed by atoms with Crippen LogP contribution in [0, 0.1) is 5.92 Å². The van der Waals surface area contributed by atoms with Crippen LogP contribution in [0.25, 0.3) is 0 Å². The van der Waals surface area contributed by atoms with Crippen LogP contribution in [0.4, 0.5) is 18.9 Å². The van der Waals surface area contributed by atoms with Gasteiger partial charge in [0.25, 0.3) is 0 Å². The fourth-order valence-electron chi connectivity index (χ4n) is 4.68. The third-order valence-corrected chi connectivity index (χ3v) is 6.69. The number of rotatable bonds is 9. The number of amides is 1. The topological polar surface area (TPSA) is 57.7 Å². The minimum atomic E-state index is -4.41. The molecule has 0 aliphatic carbocycles. The number of halogens is 4. The number of anilines is 1. The lowest BCUT2D eigenvalue weighted by atomic mass is 10.0. The lowest BCUT2D eigenvalue weighted by Gasteiger charge is -2.26. The van der Waals surface area contributed by atoms with E-state index in [9.17, 15) is 18.0 Å². The fourth-order valence-corrected chi connectivity index (χ4v) is 4.80. The summed E-state index contributed by atoms with van der Waals surface area (Å²) in [5, 5.41) is 3.92. The van der Waals surface area contributed by atoms with E-state index in [4.69, 9.17) is 16.3 Å². The van der Waals surface area contributed by atoms with Crippen LogP contribution in [-0.4, -0.2) is 67.3 Å². The molecule has 2 aliphatic heterocycles. The Morgan fingerprint density at radius 3 is 2.54 bits per heavy atom. The molecule has 2 fully saturated rings. The second-order valence-electron chi connectivity index (χ2n) is 9.23. The summed E-state index contributed by atoms with van der Waals surface area (Å²) in [6, 6.07) is 10.7. The van der Waals surface area contributed by atoms with Gasteiger partial charge in [-0.05, 0) is 68.6 Å². The quantitative estimate of drug-likeness (QED) is 0.544. The average molecular weight is 511 g/mol. The molecule has 0 saturated carbocycles. The van der Waals surface area contributed by atoms with Gasteiger partial charge >= 0.3 is 6.18 Å². The van der Waals surface area contributed by atoms with Crippen LogP contribution in [0.2, 0.25) is 5.02 Å². The Bertz CT molecular complexity index is 966. The highest BCUT2D eigenvalue weighted by Gasteiger charge is 2.31. The van der Waals surface area contributed by atoms with E-state index in [0.29, 0.717) is 18.0 Å². The molecule has 190 valence electrons. The Labute approximate surface area is 208 Å². The van der Waals surface area contributed by atoms with E-state index < -0.39 is 12.8 Å². The number of pyridine rings is 1. The van der Waals surface area contributed by atoms with Crippen LogP contribution < -0.4 is 15.0 Å². The van der Waals surface area contributed by atoms with Crippen molar-refractivity contribution in [3.05, 3.63) is 53.2 Å². The third-order valence-electron chi connectivity index (χ3n) is 6.44. The monoisotopic (exact) mass is 510 g/mol. The summed E-state index contributed by atoms with van der Waals surface area (Å²) >= 11 is 5.99. The molecule has 4 rings (SSSR count). The Morgan fingerprint density at radius 2 is 1.89 bits per heavy atom. The standard InChI is InChI=1S/C25H30ClF3N4O2/c26-20-4-6-22(7-5-20)33-12-9-19(15-33)24(34)31-21(16-32-10-1-2-11-32)13-18-3-8-23(30-14-18)35-17-25(27,28)29/h3-8,14,19,21H,1-2,9-13,15-17H2,(H,31,34)/t19-,21?/m1/s1. The largest absolute Gasteiger partial charge is 0.468 e. The smallest absolute Gasteiger partial charge is 0.422 e. The molecule has 2 aromatic rings. The van der Waals surface area contributed by atoms with Crippen molar-refractivity contribution < 1.29 is 22.7 Å². The molecule has 2 aliphatic rings. The number of likely N-dealkylation sites (tertiary alicyclic amines) is 1. The van der Waals surface area contributed by atoms with Gasteiger partial charge in [-0.3, -0.25) is 4.79 Å². The molecular weight excluding hydrogens is 481 g/mol. The summed E-state index contributed by atoms with van der Waals surface area (Å²) in [6.45, 7) is 2.81. The van der Waals surface area contributed by atoms with Gasteiger partial charge in [0, 0.05) is 48.6 Å². The van der Waals surface area contributed by atoms with Crippen molar-refractivity contribution in [3.63, 3.8) is 0 Å². The van der Waals surface area contributed by atoms with Gasteiger partial charge < -0.3 is 19.9 Å². The minimum Gasteiger partial charge on any atom is -0.468 e. The molecule has 2 atom stereocenters. The highest BCUT2D eigenvalue weighted by atomic mass is 35.5. The molecule has 3 heterocycles. The number of aromatic nitrogens is 1. The number of hydrogen-bond acceptors (Lipinski definition) is 5.